The molecule has 2 saturated heterocycles. The number of amides is 1. The molecular formula is C23H32N4O2. The summed E-state index contributed by atoms with van der Waals surface area (Å²) in [6, 6.07) is 6.70. The quantitative estimate of drug-likeness (QED) is 0.751. The van der Waals surface area contributed by atoms with Crippen LogP contribution in [0.4, 0.5) is 0 Å². The van der Waals surface area contributed by atoms with Gasteiger partial charge in [-0.15, -0.1) is 0 Å². The molecule has 0 bridgehead atoms. The van der Waals surface area contributed by atoms with Crippen molar-refractivity contribution < 1.29 is 9.21 Å². The molecule has 6 nitrogen and oxygen atoms in total. The molecule has 1 atom stereocenters. The summed E-state index contributed by atoms with van der Waals surface area (Å²) in [5.41, 5.74) is 2.34. The van der Waals surface area contributed by atoms with E-state index in [0.29, 0.717) is 12.6 Å². The number of pyridine rings is 1. The third kappa shape index (κ3) is 5.25. The Morgan fingerprint density at radius 2 is 2.07 bits per heavy atom. The van der Waals surface area contributed by atoms with Crippen LogP contribution >= 0.6 is 0 Å². The van der Waals surface area contributed by atoms with Crippen molar-refractivity contribution in [2.75, 3.05) is 33.2 Å². The molecule has 2 aliphatic rings. The second kappa shape index (κ2) is 9.55. The Kier molecular flexibility index (Phi) is 6.62. The number of rotatable bonds is 6. The third-order valence-corrected chi connectivity index (χ3v) is 6.38. The summed E-state index contributed by atoms with van der Waals surface area (Å²) >= 11 is 0. The van der Waals surface area contributed by atoms with Gasteiger partial charge in [0.05, 0.1) is 18.4 Å². The molecule has 0 radical (unpaired) electrons. The average Bonchev–Trinajstić information content (AvgIpc) is 3.27. The second-order valence-electron chi connectivity index (χ2n) is 8.53. The highest BCUT2D eigenvalue weighted by molar-refractivity contribution is 5.78. The molecule has 0 unspecified atom stereocenters. The average molecular weight is 397 g/mol. The molecule has 2 aromatic heterocycles. The molecule has 0 N–H and O–H groups in total. The van der Waals surface area contributed by atoms with E-state index < -0.39 is 0 Å². The molecule has 4 rings (SSSR count). The van der Waals surface area contributed by atoms with Crippen LogP contribution in [0.2, 0.25) is 0 Å². The highest BCUT2D eigenvalue weighted by Gasteiger charge is 2.32. The molecule has 1 amide bonds. The highest BCUT2D eigenvalue weighted by Crippen LogP contribution is 2.26. The topological polar surface area (TPSA) is 52.8 Å². The fourth-order valence-electron chi connectivity index (χ4n) is 4.78. The monoisotopic (exact) mass is 396 g/mol. The number of hydrogen-bond donors (Lipinski definition) is 0. The lowest BCUT2D eigenvalue weighted by atomic mass is 9.92. The van der Waals surface area contributed by atoms with Gasteiger partial charge in [0.25, 0.3) is 0 Å². The minimum Gasteiger partial charge on any atom is -0.472 e. The van der Waals surface area contributed by atoms with Crippen LogP contribution in [-0.2, 0) is 17.9 Å². The van der Waals surface area contributed by atoms with Gasteiger partial charge in [0.15, 0.2) is 0 Å². The minimum absolute atomic E-state index is 0.120. The van der Waals surface area contributed by atoms with E-state index >= 15 is 0 Å². The van der Waals surface area contributed by atoms with Gasteiger partial charge >= 0.3 is 0 Å². The van der Waals surface area contributed by atoms with Crippen molar-refractivity contribution in [2.24, 2.45) is 5.92 Å². The number of carbonyl (C=O) groups excluding carboxylic acids is 1. The first kappa shape index (κ1) is 20.1. The lowest BCUT2D eigenvalue weighted by Crippen LogP contribution is -2.50. The van der Waals surface area contributed by atoms with Crippen LogP contribution in [0.25, 0.3) is 0 Å². The Morgan fingerprint density at radius 3 is 2.79 bits per heavy atom. The Balaban J connectivity index is 1.26. The summed E-state index contributed by atoms with van der Waals surface area (Å²) in [5, 5.41) is 0. The smallest absolute Gasteiger partial charge is 0.227 e. The second-order valence-corrected chi connectivity index (χ2v) is 8.53. The molecule has 6 heteroatoms. The van der Waals surface area contributed by atoms with E-state index in [1.54, 1.807) is 12.5 Å². The van der Waals surface area contributed by atoms with Crippen molar-refractivity contribution in [3.8, 4) is 0 Å². The van der Waals surface area contributed by atoms with E-state index in [1.165, 1.54) is 18.4 Å². The molecule has 156 valence electrons. The van der Waals surface area contributed by atoms with Crippen molar-refractivity contribution in [2.45, 2.75) is 44.8 Å². The minimum atomic E-state index is 0.120. The van der Waals surface area contributed by atoms with Crippen LogP contribution < -0.4 is 0 Å². The standard InChI is InChI=1S/C23H32N4O2/c1-25(15-20-8-13-29-18-20)23(28)21-5-3-10-27(17-21)22-6-11-26(12-7-22)16-19-4-2-9-24-14-19/h2,4,8-9,13-14,18,21-22H,3,5-7,10-12,15-17H2,1H3/t21-/m0/s1. The van der Waals surface area contributed by atoms with Crippen molar-refractivity contribution in [1.82, 2.24) is 19.7 Å². The maximum atomic E-state index is 13.0. The van der Waals surface area contributed by atoms with Gasteiger partial charge in [-0.1, -0.05) is 6.07 Å². The summed E-state index contributed by atoms with van der Waals surface area (Å²) < 4.78 is 5.13. The van der Waals surface area contributed by atoms with Crippen molar-refractivity contribution >= 4 is 5.91 Å². The van der Waals surface area contributed by atoms with Crippen molar-refractivity contribution in [3.63, 3.8) is 0 Å². The molecule has 29 heavy (non-hydrogen) atoms. The van der Waals surface area contributed by atoms with E-state index in [1.807, 2.05) is 36.5 Å². The van der Waals surface area contributed by atoms with E-state index in [9.17, 15) is 4.79 Å². The summed E-state index contributed by atoms with van der Waals surface area (Å²) in [4.78, 5) is 24.2. The summed E-state index contributed by atoms with van der Waals surface area (Å²) in [6.45, 7) is 5.88. The van der Waals surface area contributed by atoms with Crippen LogP contribution in [0.1, 0.15) is 36.8 Å². The largest absolute Gasteiger partial charge is 0.472 e. The predicted molar refractivity (Wildman–Crippen MR) is 112 cm³/mol. The zero-order valence-electron chi connectivity index (χ0n) is 17.4. The van der Waals surface area contributed by atoms with Crippen LogP contribution in [0.3, 0.4) is 0 Å². The molecule has 2 aromatic rings. The zero-order valence-corrected chi connectivity index (χ0v) is 17.4. The molecule has 0 aromatic carbocycles. The molecule has 0 spiro atoms. The van der Waals surface area contributed by atoms with E-state index in [4.69, 9.17) is 4.42 Å². The first-order valence-corrected chi connectivity index (χ1v) is 10.8. The third-order valence-electron chi connectivity index (χ3n) is 6.38. The Bertz CT molecular complexity index is 756. The van der Waals surface area contributed by atoms with Gasteiger partial charge in [-0.2, -0.15) is 0 Å². The SMILES string of the molecule is CN(Cc1ccoc1)C(=O)[C@H]1CCCN(C2CCN(Cc3cccnc3)CC2)C1. The van der Waals surface area contributed by atoms with Crippen LogP contribution in [0.5, 0.6) is 0 Å². The molecule has 0 aliphatic carbocycles. The number of hydrogen-bond acceptors (Lipinski definition) is 5. The van der Waals surface area contributed by atoms with E-state index in [0.717, 1.165) is 51.1 Å². The predicted octanol–water partition coefficient (Wildman–Crippen LogP) is 3.01. The van der Waals surface area contributed by atoms with Crippen molar-refractivity contribution in [3.05, 3.63) is 54.2 Å². The maximum absolute atomic E-state index is 13.0. The van der Waals surface area contributed by atoms with Gasteiger partial charge < -0.3 is 9.32 Å². The molecule has 0 saturated carbocycles. The Labute approximate surface area is 173 Å². The fraction of sp³-hybridized carbons (Fsp3) is 0.565. The Morgan fingerprint density at radius 1 is 1.21 bits per heavy atom. The van der Waals surface area contributed by atoms with Gasteiger partial charge in [0.1, 0.15) is 0 Å². The van der Waals surface area contributed by atoms with Crippen molar-refractivity contribution in [1.29, 1.82) is 0 Å². The summed E-state index contributed by atoms with van der Waals surface area (Å²) in [6.07, 6.45) is 11.7. The highest BCUT2D eigenvalue weighted by atomic mass is 16.3. The first-order chi connectivity index (χ1) is 14.2. The van der Waals surface area contributed by atoms with Gasteiger partial charge in [0, 0.05) is 50.7 Å². The number of aromatic nitrogens is 1. The summed E-state index contributed by atoms with van der Waals surface area (Å²) in [7, 11) is 1.91. The normalized spacial score (nSPS) is 21.9. The van der Waals surface area contributed by atoms with Gasteiger partial charge in [-0.25, -0.2) is 0 Å². The molecule has 2 aliphatic heterocycles. The van der Waals surface area contributed by atoms with E-state index in [-0.39, 0.29) is 11.8 Å². The first-order valence-electron chi connectivity index (χ1n) is 10.8. The van der Waals surface area contributed by atoms with Crippen LogP contribution in [0.15, 0.2) is 47.5 Å². The number of carbonyl (C=O) groups is 1. The number of furan rings is 1. The van der Waals surface area contributed by atoms with E-state index in [2.05, 4.69) is 20.9 Å². The maximum Gasteiger partial charge on any atom is 0.227 e. The van der Waals surface area contributed by atoms with Gasteiger partial charge in [-0.05, 0) is 63.0 Å². The lowest BCUT2D eigenvalue weighted by molar-refractivity contribution is -0.137. The lowest BCUT2D eigenvalue weighted by Gasteiger charge is -2.42. The summed E-state index contributed by atoms with van der Waals surface area (Å²) in [5.74, 6) is 0.388. The fourth-order valence-corrected chi connectivity index (χ4v) is 4.78. The Hall–Kier alpha value is -2.18. The molecule has 4 heterocycles. The number of nitrogens with zero attached hydrogens (tertiary/aromatic N) is 4. The van der Waals surface area contributed by atoms with Gasteiger partial charge in [0.2, 0.25) is 5.91 Å². The molecule has 2 fully saturated rings. The van der Waals surface area contributed by atoms with Gasteiger partial charge in [-0.3, -0.25) is 19.6 Å². The zero-order chi connectivity index (χ0) is 20.1. The van der Waals surface area contributed by atoms with Crippen LogP contribution in [-0.4, -0.2) is 64.9 Å². The molecular weight excluding hydrogens is 364 g/mol. The van der Waals surface area contributed by atoms with Crippen LogP contribution in [0, 0.1) is 5.92 Å². The number of likely N-dealkylation sites (tertiary alicyclic amines) is 2. The number of piperidine rings is 2.